The average Bonchev–Trinajstić information content (AvgIpc) is 2.88. The van der Waals surface area contributed by atoms with Gasteiger partial charge in [-0.3, -0.25) is 4.98 Å². The van der Waals surface area contributed by atoms with Gasteiger partial charge in [-0.2, -0.15) is 0 Å². The molecule has 2 aromatic heterocycles. The van der Waals surface area contributed by atoms with Crippen LogP contribution in [0.5, 0.6) is 0 Å². The molecule has 3 nitrogen and oxygen atoms in total. The molecule has 1 aromatic carbocycles. The maximum absolute atomic E-state index is 14.0. The first-order chi connectivity index (χ1) is 10.1. The molecule has 0 aliphatic rings. The molecule has 21 heavy (non-hydrogen) atoms. The Morgan fingerprint density at radius 3 is 2.62 bits per heavy atom. The van der Waals surface area contributed by atoms with Crippen molar-refractivity contribution in [2.24, 2.45) is 0 Å². The Hall–Kier alpha value is -1.94. The fourth-order valence-electron chi connectivity index (χ4n) is 2.54. The molecule has 108 valence electrons. The van der Waals surface area contributed by atoms with E-state index < -0.39 is 0 Å². The van der Waals surface area contributed by atoms with Crippen LogP contribution in [-0.4, -0.2) is 14.5 Å². The summed E-state index contributed by atoms with van der Waals surface area (Å²) in [4.78, 5) is 8.77. The minimum atomic E-state index is -0.335. The highest BCUT2D eigenvalue weighted by Crippen LogP contribution is 2.31. The van der Waals surface area contributed by atoms with Gasteiger partial charge in [0, 0.05) is 6.20 Å². The fraction of sp³-hybridized carbons (Fsp3) is 0.250. The highest BCUT2D eigenvalue weighted by molar-refractivity contribution is 6.20. The SMILES string of the molecule is CC(Cl)c1nc2c(F)cccc2n1C(C)c1ccccn1. The van der Waals surface area contributed by atoms with Crippen molar-refractivity contribution < 1.29 is 4.39 Å². The predicted octanol–water partition coefficient (Wildman–Crippen LogP) is 4.48. The van der Waals surface area contributed by atoms with Gasteiger partial charge < -0.3 is 4.57 Å². The molecule has 2 heterocycles. The first-order valence-electron chi connectivity index (χ1n) is 6.81. The minimum Gasteiger partial charge on any atom is -0.318 e. The van der Waals surface area contributed by atoms with Crippen LogP contribution in [0, 0.1) is 5.82 Å². The van der Waals surface area contributed by atoms with Gasteiger partial charge in [0.1, 0.15) is 11.3 Å². The minimum absolute atomic E-state index is 0.0748. The zero-order chi connectivity index (χ0) is 15.0. The van der Waals surface area contributed by atoms with Crippen molar-refractivity contribution in [1.82, 2.24) is 14.5 Å². The van der Waals surface area contributed by atoms with Gasteiger partial charge in [-0.05, 0) is 38.1 Å². The number of fused-ring (bicyclic) bond motifs is 1. The van der Waals surface area contributed by atoms with Crippen molar-refractivity contribution >= 4 is 22.6 Å². The Morgan fingerprint density at radius 2 is 1.95 bits per heavy atom. The lowest BCUT2D eigenvalue weighted by Crippen LogP contribution is -2.12. The maximum Gasteiger partial charge on any atom is 0.151 e. The van der Waals surface area contributed by atoms with E-state index >= 15 is 0 Å². The second-order valence-corrected chi connectivity index (χ2v) is 5.65. The van der Waals surface area contributed by atoms with E-state index in [1.807, 2.05) is 42.7 Å². The van der Waals surface area contributed by atoms with Gasteiger partial charge in [0.25, 0.3) is 0 Å². The Balaban J connectivity index is 2.25. The van der Waals surface area contributed by atoms with Gasteiger partial charge in [-0.15, -0.1) is 11.6 Å². The molecule has 5 heteroatoms. The number of para-hydroxylation sites is 1. The normalized spacial score (nSPS) is 14.3. The topological polar surface area (TPSA) is 30.7 Å². The second-order valence-electron chi connectivity index (χ2n) is 4.99. The van der Waals surface area contributed by atoms with Crippen molar-refractivity contribution in [3.8, 4) is 0 Å². The molecule has 0 bridgehead atoms. The largest absolute Gasteiger partial charge is 0.318 e. The standard InChI is InChI=1S/C16H15ClFN3/c1-10(17)16-20-15-12(18)6-5-8-14(15)21(16)11(2)13-7-3-4-9-19-13/h3-11H,1-2H3. The first-order valence-corrected chi connectivity index (χ1v) is 7.24. The molecule has 0 saturated heterocycles. The number of hydrogen-bond donors (Lipinski definition) is 0. The third-order valence-corrected chi connectivity index (χ3v) is 3.75. The summed E-state index contributed by atoms with van der Waals surface area (Å²) in [5.41, 5.74) is 1.97. The average molecular weight is 304 g/mol. The Labute approximate surface area is 127 Å². The van der Waals surface area contributed by atoms with Crippen LogP contribution >= 0.6 is 11.6 Å². The molecule has 0 aliphatic carbocycles. The molecule has 2 atom stereocenters. The van der Waals surface area contributed by atoms with Gasteiger partial charge in [0.15, 0.2) is 5.82 Å². The lowest BCUT2D eigenvalue weighted by atomic mass is 10.2. The number of halogens is 2. The van der Waals surface area contributed by atoms with Crippen LogP contribution in [0.2, 0.25) is 0 Å². The highest BCUT2D eigenvalue weighted by Gasteiger charge is 2.22. The van der Waals surface area contributed by atoms with Crippen LogP contribution in [0.15, 0.2) is 42.6 Å². The fourth-order valence-corrected chi connectivity index (χ4v) is 2.70. The summed E-state index contributed by atoms with van der Waals surface area (Å²) in [7, 11) is 0. The van der Waals surface area contributed by atoms with Gasteiger partial charge >= 0.3 is 0 Å². The van der Waals surface area contributed by atoms with E-state index in [9.17, 15) is 4.39 Å². The molecule has 0 N–H and O–H groups in total. The number of pyridine rings is 1. The zero-order valence-electron chi connectivity index (χ0n) is 11.8. The van der Waals surface area contributed by atoms with E-state index in [-0.39, 0.29) is 17.2 Å². The van der Waals surface area contributed by atoms with Crippen LogP contribution < -0.4 is 0 Å². The van der Waals surface area contributed by atoms with Crippen LogP contribution in [0.25, 0.3) is 11.0 Å². The van der Waals surface area contributed by atoms with Gasteiger partial charge in [0.2, 0.25) is 0 Å². The number of aromatic nitrogens is 3. The molecule has 0 aliphatic heterocycles. The molecule has 0 saturated carbocycles. The van der Waals surface area contributed by atoms with E-state index in [2.05, 4.69) is 9.97 Å². The second kappa shape index (κ2) is 5.45. The predicted molar refractivity (Wildman–Crippen MR) is 82.0 cm³/mol. The number of alkyl halides is 1. The molecule has 0 spiro atoms. The summed E-state index contributed by atoms with van der Waals surface area (Å²) in [6, 6.07) is 10.6. The summed E-state index contributed by atoms with van der Waals surface area (Å²) in [6.45, 7) is 3.85. The van der Waals surface area contributed by atoms with Crippen molar-refractivity contribution in [2.45, 2.75) is 25.3 Å². The summed E-state index contributed by atoms with van der Waals surface area (Å²) >= 11 is 6.24. The summed E-state index contributed by atoms with van der Waals surface area (Å²) in [5, 5.41) is -0.317. The zero-order valence-corrected chi connectivity index (χ0v) is 12.5. The van der Waals surface area contributed by atoms with E-state index in [0.717, 1.165) is 11.2 Å². The Bertz CT molecular complexity index is 768. The molecule has 0 radical (unpaired) electrons. The van der Waals surface area contributed by atoms with Crippen LogP contribution in [0.1, 0.15) is 36.8 Å². The highest BCUT2D eigenvalue weighted by atomic mass is 35.5. The third kappa shape index (κ3) is 2.40. The van der Waals surface area contributed by atoms with E-state index in [1.165, 1.54) is 6.07 Å². The van der Waals surface area contributed by atoms with Crippen LogP contribution in [0.4, 0.5) is 4.39 Å². The van der Waals surface area contributed by atoms with Crippen LogP contribution in [0.3, 0.4) is 0 Å². The van der Waals surface area contributed by atoms with E-state index in [0.29, 0.717) is 11.3 Å². The molecule has 3 aromatic rings. The van der Waals surface area contributed by atoms with Crippen molar-refractivity contribution in [2.75, 3.05) is 0 Å². The number of hydrogen-bond acceptors (Lipinski definition) is 2. The monoisotopic (exact) mass is 303 g/mol. The van der Waals surface area contributed by atoms with Crippen molar-refractivity contribution in [3.63, 3.8) is 0 Å². The molecule has 3 rings (SSSR count). The summed E-state index contributed by atoms with van der Waals surface area (Å²) < 4.78 is 15.9. The number of nitrogens with zero attached hydrogens (tertiary/aromatic N) is 3. The van der Waals surface area contributed by atoms with Gasteiger partial charge in [-0.1, -0.05) is 12.1 Å². The lowest BCUT2D eigenvalue weighted by Gasteiger charge is -2.18. The third-order valence-electron chi connectivity index (χ3n) is 3.56. The van der Waals surface area contributed by atoms with Crippen molar-refractivity contribution in [1.29, 1.82) is 0 Å². The lowest BCUT2D eigenvalue weighted by molar-refractivity contribution is 0.603. The molecule has 0 fully saturated rings. The Morgan fingerprint density at radius 1 is 1.14 bits per heavy atom. The summed E-state index contributed by atoms with van der Waals surface area (Å²) in [6.07, 6.45) is 1.75. The van der Waals surface area contributed by atoms with Crippen LogP contribution in [-0.2, 0) is 0 Å². The first kappa shape index (κ1) is 14.0. The number of imidazole rings is 1. The van der Waals surface area contributed by atoms with Crippen molar-refractivity contribution in [3.05, 3.63) is 59.9 Å². The molecule has 0 amide bonds. The smallest absolute Gasteiger partial charge is 0.151 e. The number of benzene rings is 1. The van der Waals surface area contributed by atoms with Gasteiger partial charge in [0.05, 0.1) is 22.6 Å². The Kier molecular flexibility index (Phi) is 3.64. The summed E-state index contributed by atoms with van der Waals surface area (Å²) in [5.74, 6) is 0.313. The molecular weight excluding hydrogens is 289 g/mol. The number of rotatable bonds is 3. The maximum atomic E-state index is 14.0. The van der Waals surface area contributed by atoms with Gasteiger partial charge in [-0.25, -0.2) is 9.37 Å². The molecule has 2 unspecified atom stereocenters. The quantitative estimate of drug-likeness (QED) is 0.668. The van der Waals surface area contributed by atoms with E-state index in [4.69, 9.17) is 11.6 Å². The molecular formula is C16H15ClFN3. The van der Waals surface area contributed by atoms with E-state index in [1.54, 1.807) is 12.3 Å².